The highest BCUT2D eigenvalue weighted by Crippen LogP contribution is 2.20. The van der Waals surface area contributed by atoms with Crippen molar-refractivity contribution in [1.82, 2.24) is 14.5 Å². The molecular weight excluding hydrogens is 200 g/mol. The van der Waals surface area contributed by atoms with Crippen LogP contribution in [0, 0.1) is 0 Å². The second kappa shape index (κ2) is 2.92. The molecule has 2 rings (SSSR count). The van der Waals surface area contributed by atoms with Crippen LogP contribution in [0.4, 0.5) is 8.78 Å². The van der Waals surface area contributed by atoms with E-state index in [0.29, 0.717) is 5.52 Å². The zero-order valence-corrected chi connectivity index (χ0v) is 7.04. The normalized spacial score (nSPS) is 11.4. The number of rotatable bonds is 1. The van der Waals surface area contributed by atoms with Crippen LogP contribution in [-0.2, 0) is 0 Å². The Morgan fingerprint density at radius 3 is 2.92 bits per heavy atom. The van der Waals surface area contributed by atoms with Crippen molar-refractivity contribution < 1.29 is 8.78 Å². The third-order valence-electron chi connectivity index (χ3n) is 1.65. The largest absolute Gasteiger partial charge is 0.319 e. The molecule has 0 saturated carbocycles. The standard InChI is InChI=1S/C7H4ClF2N3/c8-6-11-3-5-4(12-6)1-2-13(5)7(9)10/h1-3,7H. The summed E-state index contributed by atoms with van der Waals surface area (Å²) in [7, 11) is 0. The molecule has 0 saturated heterocycles. The van der Waals surface area contributed by atoms with Crippen LogP contribution < -0.4 is 0 Å². The van der Waals surface area contributed by atoms with Crippen molar-refractivity contribution in [3.05, 3.63) is 23.7 Å². The molecule has 0 aliphatic rings. The summed E-state index contributed by atoms with van der Waals surface area (Å²) in [5.74, 6) is 0. The topological polar surface area (TPSA) is 30.7 Å². The number of hydrogen-bond acceptors (Lipinski definition) is 2. The lowest BCUT2D eigenvalue weighted by molar-refractivity contribution is 0.0751. The fourth-order valence-electron chi connectivity index (χ4n) is 1.09. The summed E-state index contributed by atoms with van der Waals surface area (Å²) < 4.78 is 25.4. The van der Waals surface area contributed by atoms with E-state index in [-0.39, 0.29) is 10.8 Å². The summed E-state index contributed by atoms with van der Waals surface area (Å²) in [5, 5.41) is 0.0551. The second-order valence-electron chi connectivity index (χ2n) is 2.41. The van der Waals surface area contributed by atoms with Gasteiger partial charge < -0.3 is 0 Å². The predicted molar refractivity (Wildman–Crippen MR) is 43.8 cm³/mol. The molecule has 0 atom stereocenters. The molecular formula is C7H4ClF2N3. The molecule has 68 valence electrons. The van der Waals surface area contributed by atoms with E-state index >= 15 is 0 Å². The Morgan fingerprint density at radius 2 is 2.23 bits per heavy atom. The van der Waals surface area contributed by atoms with Crippen molar-refractivity contribution in [2.24, 2.45) is 0 Å². The van der Waals surface area contributed by atoms with Crippen LogP contribution in [0.25, 0.3) is 11.0 Å². The summed E-state index contributed by atoms with van der Waals surface area (Å²) in [6.45, 7) is -2.58. The van der Waals surface area contributed by atoms with Gasteiger partial charge >= 0.3 is 6.55 Å². The first kappa shape index (κ1) is 8.37. The monoisotopic (exact) mass is 203 g/mol. The quantitative estimate of drug-likeness (QED) is 0.667. The van der Waals surface area contributed by atoms with Gasteiger partial charge in [0, 0.05) is 6.20 Å². The van der Waals surface area contributed by atoms with Gasteiger partial charge in [-0.1, -0.05) is 0 Å². The Labute approximate surface area is 77.0 Å². The van der Waals surface area contributed by atoms with E-state index in [1.807, 2.05) is 0 Å². The van der Waals surface area contributed by atoms with E-state index in [1.54, 1.807) is 0 Å². The van der Waals surface area contributed by atoms with Crippen molar-refractivity contribution in [3.8, 4) is 0 Å². The molecule has 0 aliphatic carbocycles. The van der Waals surface area contributed by atoms with Gasteiger partial charge in [0.2, 0.25) is 5.28 Å². The fraction of sp³-hybridized carbons (Fsp3) is 0.143. The number of hydrogen-bond donors (Lipinski definition) is 0. The molecule has 2 aromatic heterocycles. The summed E-state index contributed by atoms with van der Waals surface area (Å²) in [4.78, 5) is 7.40. The maximum atomic E-state index is 12.3. The molecule has 6 heteroatoms. The van der Waals surface area contributed by atoms with Crippen molar-refractivity contribution >= 4 is 22.6 Å². The van der Waals surface area contributed by atoms with E-state index in [4.69, 9.17) is 11.6 Å². The van der Waals surface area contributed by atoms with Crippen LogP contribution in [0.1, 0.15) is 6.55 Å². The van der Waals surface area contributed by atoms with Crippen LogP contribution in [0.15, 0.2) is 18.5 Å². The minimum Gasteiger partial charge on any atom is -0.288 e. The van der Waals surface area contributed by atoms with Crippen LogP contribution in [0.3, 0.4) is 0 Å². The first-order chi connectivity index (χ1) is 6.18. The highest BCUT2D eigenvalue weighted by atomic mass is 35.5. The van der Waals surface area contributed by atoms with Gasteiger partial charge in [-0.05, 0) is 17.7 Å². The molecule has 3 nitrogen and oxygen atoms in total. The third kappa shape index (κ3) is 1.35. The van der Waals surface area contributed by atoms with Crippen LogP contribution >= 0.6 is 11.6 Å². The van der Waals surface area contributed by atoms with Gasteiger partial charge in [-0.15, -0.1) is 0 Å². The van der Waals surface area contributed by atoms with Crippen molar-refractivity contribution in [2.75, 3.05) is 0 Å². The number of fused-ring (bicyclic) bond motifs is 1. The van der Waals surface area contributed by atoms with E-state index in [0.717, 1.165) is 4.57 Å². The highest BCUT2D eigenvalue weighted by molar-refractivity contribution is 6.28. The predicted octanol–water partition coefficient (Wildman–Crippen LogP) is 2.48. The number of nitrogens with zero attached hydrogens (tertiary/aromatic N) is 3. The molecule has 2 aromatic rings. The maximum Gasteiger partial charge on any atom is 0.319 e. The first-order valence-electron chi connectivity index (χ1n) is 3.46. The minimum atomic E-state index is -2.58. The van der Waals surface area contributed by atoms with Gasteiger partial charge in [-0.2, -0.15) is 8.78 Å². The molecule has 0 spiro atoms. The van der Waals surface area contributed by atoms with E-state index in [9.17, 15) is 8.78 Å². The lowest BCUT2D eigenvalue weighted by Gasteiger charge is -2.01. The number of halogens is 3. The Morgan fingerprint density at radius 1 is 1.46 bits per heavy atom. The average molecular weight is 204 g/mol. The van der Waals surface area contributed by atoms with E-state index in [1.165, 1.54) is 18.5 Å². The zero-order chi connectivity index (χ0) is 9.42. The van der Waals surface area contributed by atoms with Gasteiger partial charge in [-0.3, -0.25) is 4.57 Å². The molecule has 0 radical (unpaired) electrons. The number of aromatic nitrogens is 3. The Balaban J connectivity index is 2.69. The molecule has 0 bridgehead atoms. The zero-order valence-electron chi connectivity index (χ0n) is 6.28. The first-order valence-corrected chi connectivity index (χ1v) is 3.83. The molecule has 2 heterocycles. The molecule has 0 N–H and O–H groups in total. The Bertz CT molecular complexity index is 440. The molecule has 0 aliphatic heterocycles. The van der Waals surface area contributed by atoms with Crippen molar-refractivity contribution in [1.29, 1.82) is 0 Å². The highest BCUT2D eigenvalue weighted by Gasteiger charge is 2.10. The molecule has 0 fully saturated rings. The van der Waals surface area contributed by atoms with Gasteiger partial charge in [-0.25, -0.2) is 9.97 Å². The Hall–Kier alpha value is -1.23. The summed E-state index contributed by atoms with van der Waals surface area (Å²) in [5.41, 5.74) is 0.694. The van der Waals surface area contributed by atoms with Gasteiger partial charge in [0.1, 0.15) is 0 Å². The van der Waals surface area contributed by atoms with Gasteiger partial charge in [0.05, 0.1) is 17.2 Å². The van der Waals surface area contributed by atoms with Crippen LogP contribution in [-0.4, -0.2) is 14.5 Å². The Kier molecular flexibility index (Phi) is 1.88. The summed E-state index contributed by atoms with van der Waals surface area (Å²) in [6.07, 6.45) is 2.52. The molecule has 0 amide bonds. The SMILES string of the molecule is FC(F)n1ccc2nc(Cl)ncc21. The average Bonchev–Trinajstić information content (AvgIpc) is 2.46. The summed E-state index contributed by atoms with van der Waals surface area (Å²) >= 11 is 5.49. The molecule has 13 heavy (non-hydrogen) atoms. The van der Waals surface area contributed by atoms with Crippen molar-refractivity contribution in [3.63, 3.8) is 0 Å². The van der Waals surface area contributed by atoms with E-state index < -0.39 is 6.55 Å². The minimum absolute atomic E-state index is 0.0551. The number of alkyl halides is 2. The second-order valence-corrected chi connectivity index (χ2v) is 2.75. The third-order valence-corrected chi connectivity index (χ3v) is 1.83. The maximum absolute atomic E-state index is 12.3. The van der Waals surface area contributed by atoms with Crippen molar-refractivity contribution in [2.45, 2.75) is 6.55 Å². The van der Waals surface area contributed by atoms with Gasteiger partial charge in [0.25, 0.3) is 0 Å². The lowest BCUT2D eigenvalue weighted by atomic mass is 10.5. The fourth-order valence-corrected chi connectivity index (χ4v) is 1.23. The smallest absolute Gasteiger partial charge is 0.288 e. The molecule has 0 aromatic carbocycles. The van der Waals surface area contributed by atoms with Gasteiger partial charge in [0.15, 0.2) is 0 Å². The lowest BCUT2D eigenvalue weighted by Crippen LogP contribution is -1.95. The molecule has 0 unspecified atom stereocenters. The van der Waals surface area contributed by atoms with E-state index in [2.05, 4.69) is 9.97 Å². The van der Waals surface area contributed by atoms with Crippen LogP contribution in [0.2, 0.25) is 5.28 Å². The summed E-state index contributed by atoms with van der Waals surface area (Å²) in [6, 6.07) is 1.47. The van der Waals surface area contributed by atoms with Crippen LogP contribution in [0.5, 0.6) is 0 Å².